The lowest BCUT2D eigenvalue weighted by atomic mass is 9.90. The van der Waals surface area contributed by atoms with E-state index >= 15 is 0 Å². The fourth-order valence-electron chi connectivity index (χ4n) is 6.16. The molecule has 1 unspecified atom stereocenters. The van der Waals surface area contributed by atoms with Crippen LogP contribution >= 0.6 is 0 Å². The highest BCUT2D eigenvalue weighted by molar-refractivity contribution is 5.89. The molecule has 2 aromatic carbocycles. The van der Waals surface area contributed by atoms with E-state index in [-0.39, 0.29) is 35.9 Å². The average molecular weight is 533 g/mol. The van der Waals surface area contributed by atoms with Crippen LogP contribution in [0.3, 0.4) is 0 Å². The van der Waals surface area contributed by atoms with Gasteiger partial charge in [0.15, 0.2) is 0 Å². The summed E-state index contributed by atoms with van der Waals surface area (Å²) < 4.78 is 5.49. The Morgan fingerprint density at radius 2 is 1.69 bits per heavy atom. The highest BCUT2D eigenvalue weighted by Crippen LogP contribution is 2.35. The normalized spacial score (nSPS) is 25.4. The second kappa shape index (κ2) is 12.5. The average Bonchev–Trinajstić information content (AvgIpc) is 3.80. The van der Waals surface area contributed by atoms with Crippen molar-refractivity contribution in [2.45, 2.75) is 95.5 Å². The molecular weight excluding hydrogens is 488 g/mol. The van der Waals surface area contributed by atoms with Crippen molar-refractivity contribution >= 4 is 11.8 Å². The Labute approximate surface area is 233 Å². The predicted molar refractivity (Wildman–Crippen MR) is 153 cm³/mol. The third kappa shape index (κ3) is 7.20. The molecular formula is C32H44N4O3. The van der Waals surface area contributed by atoms with Crippen molar-refractivity contribution in [2.75, 3.05) is 13.7 Å². The first kappa shape index (κ1) is 27.7. The Morgan fingerprint density at radius 3 is 2.38 bits per heavy atom. The number of carbonyl (C=O) groups excluding carboxylic acids is 2. The van der Waals surface area contributed by atoms with E-state index in [0.29, 0.717) is 13.0 Å². The molecule has 7 heteroatoms. The van der Waals surface area contributed by atoms with Crippen LogP contribution in [0.2, 0.25) is 0 Å². The van der Waals surface area contributed by atoms with Crippen molar-refractivity contribution in [3.63, 3.8) is 0 Å². The Balaban J connectivity index is 1.36. The van der Waals surface area contributed by atoms with Gasteiger partial charge >= 0.3 is 0 Å². The van der Waals surface area contributed by atoms with E-state index in [0.717, 1.165) is 63.8 Å². The standard InChI is InChI=1S/C32H44N4O3/c1-22-6-8-23(9-7-22)20-35(21-24-4-3-5-29(18-24)39-2)28-16-17-36(32(38)25-10-11-25)30(19-28)31(37)34-27-14-12-26(33)13-15-27/h3-9,18,25-28,30H,10-17,19-21,33H2,1-2H3,(H,34,37)/t26?,27?,28?,30-/m1/s1. The zero-order valence-electron chi connectivity index (χ0n) is 23.5. The monoisotopic (exact) mass is 532 g/mol. The summed E-state index contributed by atoms with van der Waals surface area (Å²) in [4.78, 5) is 31.4. The van der Waals surface area contributed by atoms with Crippen LogP contribution in [0.5, 0.6) is 5.75 Å². The van der Waals surface area contributed by atoms with E-state index in [1.807, 2.05) is 17.0 Å². The molecule has 2 aromatic rings. The molecule has 0 spiro atoms. The van der Waals surface area contributed by atoms with Crippen molar-refractivity contribution in [3.05, 3.63) is 65.2 Å². The van der Waals surface area contributed by atoms with Gasteiger partial charge in [-0.15, -0.1) is 0 Å². The molecule has 3 fully saturated rings. The molecule has 0 bridgehead atoms. The number of ether oxygens (including phenoxy) is 1. The largest absolute Gasteiger partial charge is 0.497 e. The van der Waals surface area contributed by atoms with E-state index < -0.39 is 6.04 Å². The second-order valence-corrected chi connectivity index (χ2v) is 11.9. The first-order chi connectivity index (χ1) is 18.9. The number of methoxy groups -OCH3 is 1. The number of amides is 2. The predicted octanol–water partition coefficient (Wildman–Crippen LogP) is 4.16. The number of hydrogen-bond donors (Lipinski definition) is 2. The Morgan fingerprint density at radius 1 is 0.974 bits per heavy atom. The van der Waals surface area contributed by atoms with Gasteiger partial charge < -0.3 is 20.7 Å². The number of aryl methyl sites for hydroxylation is 1. The number of carbonyl (C=O) groups is 2. The first-order valence-corrected chi connectivity index (χ1v) is 14.7. The van der Waals surface area contributed by atoms with Crippen LogP contribution < -0.4 is 15.8 Å². The summed E-state index contributed by atoms with van der Waals surface area (Å²) in [6.45, 7) is 4.26. The number of nitrogens with one attached hydrogen (secondary N) is 1. The lowest BCUT2D eigenvalue weighted by Crippen LogP contribution is -2.58. The van der Waals surface area contributed by atoms with E-state index in [1.54, 1.807) is 7.11 Å². The smallest absolute Gasteiger partial charge is 0.243 e. The van der Waals surface area contributed by atoms with Crippen molar-refractivity contribution < 1.29 is 14.3 Å². The number of rotatable bonds is 9. The number of hydrogen-bond acceptors (Lipinski definition) is 5. The van der Waals surface area contributed by atoms with E-state index in [4.69, 9.17) is 10.5 Å². The van der Waals surface area contributed by atoms with Gasteiger partial charge in [0.25, 0.3) is 0 Å². The maximum absolute atomic E-state index is 13.7. The van der Waals surface area contributed by atoms with Crippen LogP contribution in [0.15, 0.2) is 48.5 Å². The van der Waals surface area contributed by atoms with Crippen molar-refractivity contribution in [3.8, 4) is 5.75 Å². The summed E-state index contributed by atoms with van der Waals surface area (Å²) in [5.41, 5.74) is 9.77. The summed E-state index contributed by atoms with van der Waals surface area (Å²) >= 11 is 0. The fourth-order valence-corrected chi connectivity index (χ4v) is 6.16. The molecule has 5 rings (SSSR count). The molecule has 1 saturated heterocycles. The van der Waals surface area contributed by atoms with Crippen LogP contribution in [-0.4, -0.2) is 59.4 Å². The fraction of sp³-hybridized carbons (Fsp3) is 0.562. The maximum Gasteiger partial charge on any atom is 0.243 e. The van der Waals surface area contributed by atoms with Gasteiger partial charge in [-0.3, -0.25) is 14.5 Å². The molecule has 3 aliphatic rings. The number of nitrogens with zero attached hydrogens (tertiary/aromatic N) is 2. The number of nitrogens with two attached hydrogens (primary N) is 1. The zero-order chi connectivity index (χ0) is 27.4. The quantitative estimate of drug-likeness (QED) is 0.506. The Kier molecular flexibility index (Phi) is 8.88. The van der Waals surface area contributed by atoms with Gasteiger partial charge in [-0.1, -0.05) is 42.0 Å². The summed E-state index contributed by atoms with van der Waals surface area (Å²) in [7, 11) is 1.69. The molecule has 1 heterocycles. The third-order valence-corrected chi connectivity index (χ3v) is 8.75. The molecule has 7 nitrogen and oxygen atoms in total. The molecule has 1 aliphatic heterocycles. The lowest BCUT2D eigenvalue weighted by Gasteiger charge is -2.43. The molecule has 3 N–H and O–H groups in total. The minimum Gasteiger partial charge on any atom is -0.497 e. The maximum atomic E-state index is 13.7. The van der Waals surface area contributed by atoms with E-state index in [2.05, 4.69) is 53.5 Å². The summed E-state index contributed by atoms with van der Waals surface area (Å²) in [6.07, 6.45) is 7.10. The molecule has 2 aliphatic carbocycles. The second-order valence-electron chi connectivity index (χ2n) is 11.9. The van der Waals surface area contributed by atoms with Crippen molar-refractivity contribution in [1.29, 1.82) is 0 Å². The molecule has 0 radical (unpaired) electrons. The minimum absolute atomic E-state index is 0.00541. The lowest BCUT2D eigenvalue weighted by molar-refractivity contribution is -0.145. The van der Waals surface area contributed by atoms with Gasteiger partial charge in [-0.25, -0.2) is 0 Å². The molecule has 39 heavy (non-hydrogen) atoms. The van der Waals surface area contributed by atoms with Crippen LogP contribution in [0.1, 0.15) is 68.1 Å². The molecule has 2 atom stereocenters. The minimum atomic E-state index is -0.432. The van der Waals surface area contributed by atoms with Crippen molar-refractivity contribution in [2.24, 2.45) is 11.7 Å². The SMILES string of the molecule is COc1cccc(CN(Cc2ccc(C)cc2)C2CCN(C(=O)C3CC3)[C@@H](C(=O)NC3CCC(N)CC3)C2)c1. The summed E-state index contributed by atoms with van der Waals surface area (Å²) in [5.74, 6) is 1.12. The third-order valence-electron chi connectivity index (χ3n) is 8.75. The Bertz CT molecular complexity index is 1120. The van der Waals surface area contributed by atoms with E-state index in [1.165, 1.54) is 16.7 Å². The van der Waals surface area contributed by atoms with Gasteiger partial charge in [0.2, 0.25) is 11.8 Å². The van der Waals surface area contributed by atoms with Gasteiger partial charge in [-0.2, -0.15) is 0 Å². The summed E-state index contributed by atoms with van der Waals surface area (Å²) in [5, 5.41) is 3.31. The number of benzene rings is 2. The first-order valence-electron chi connectivity index (χ1n) is 14.7. The van der Waals surface area contributed by atoms with Gasteiger partial charge in [-0.05, 0) is 81.5 Å². The van der Waals surface area contributed by atoms with Gasteiger partial charge in [0.05, 0.1) is 7.11 Å². The summed E-state index contributed by atoms with van der Waals surface area (Å²) in [6, 6.07) is 17.0. The molecule has 0 aromatic heterocycles. The highest BCUT2D eigenvalue weighted by Gasteiger charge is 2.43. The molecule has 210 valence electrons. The van der Waals surface area contributed by atoms with Crippen LogP contribution in [0, 0.1) is 12.8 Å². The van der Waals surface area contributed by atoms with Crippen LogP contribution in [-0.2, 0) is 22.7 Å². The molecule has 2 amide bonds. The van der Waals surface area contributed by atoms with Gasteiger partial charge in [0, 0.05) is 43.7 Å². The van der Waals surface area contributed by atoms with Crippen LogP contribution in [0.4, 0.5) is 0 Å². The van der Waals surface area contributed by atoms with Crippen LogP contribution in [0.25, 0.3) is 0 Å². The van der Waals surface area contributed by atoms with Crippen molar-refractivity contribution in [1.82, 2.24) is 15.1 Å². The number of piperidine rings is 1. The zero-order valence-corrected chi connectivity index (χ0v) is 23.5. The number of likely N-dealkylation sites (tertiary alicyclic amines) is 1. The topological polar surface area (TPSA) is 87.9 Å². The highest BCUT2D eigenvalue weighted by atomic mass is 16.5. The molecule has 2 saturated carbocycles. The van der Waals surface area contributed by atoms with E-state index in [9.17, 15) is 9.59 Å². The Hall–Kier alpha value is -2.90. The van der Waals surface area contributed by atoms with Gasteiger partial charge in [0.1, 0.15) is 11.8 Å².